The minimum Gasteiger partial charge on any atom is -0.302 e. The van der Waals surface area contributed by atoms with Gasteiger partial charge in [-0.25, -0.2) is 0 Å². The van der Waals surface area contributed by atoms with Crippen LogP contribution in [-0.4, -0.2) is 47.1 Å². The maximum atomic E-state index is 2.65. The molecule has 0 aromatic carbocycles. The predicted molar refractivity (Wildman–Crippen MR) is 67.2 cm³/mol. The second-order valence-electron chi connectivity index (χ2n) is 6.53. The minimum atomic E-state index is 0.285. The Hall–Kier alpha value is -0.0800. The molecule has 1 saturated heterocycles. The molecule has 1 aliphatic rings. The molecule has 1 aliphatic heterocycles. The van der Waals surface area contributed by atoms with Crippen molar-refractivity contribution in [1.82, 2.24) is 9.80 Å². The summed E-state index contributed by atoms with van der Waals surface area (Å²) in [7, 11) is 2.24. The molecule has 1 atom stereocenters. The van der Waals surface area contributed by atoms with Crippen molar-refractivity contribution in [2.24, 2.45) is 0 Å². The van der Waals surface area contributed by atoms with Crippen LogP contribution in [0.15, 0.2) is 0 Å². The molecular formula is C13H28N2. The van der Waals surface area contributed by atoms with Gasteiger partial charge in [0.15, 0.2) is 0 Å². The summed E-state index contributed by atoms with van der Waals surface area (Å²) in [6.45, 7) is 16.3. The van der Waals surface area contributed by atoms with Crippen molar-refractivity contribution in [3.05, 3.63) is 0 Å². The quantitative estimate of drug-likeness (QED) is 0.694. The third-order valence-electron chi connectivity index (χ3n) is 3.79. The summed E-state index contributed by atoms with van der Waals surface area (Å²) in [5.41, 5.74) is 0.624. The number of hydrogen-bond acceptors (Lipinski definition) is 2. The monoisotopic (exact) mass is 212 g/mol. The third-order valence-corrected chi connectivity index (χ3v) is 3.79. The number of likely N-dealkylation sites (N-methyl/N-ethyl adjacent to an activating group) is 1. The van der Waals surface area contributed by atoms with Crippen molar-refractivity contribution in [3.8, 4) is 0 Å². The SMILES string of the molecule is CCN(C)[C@H]1CN(C(C)(C)C)C(C)(C)C1. The summed E-state index contributed by atoms with van der Waals surface area (Å²) in [6.07, 6.45) is 1.29. The van der Waals surface area contributed by atoms with Crippen LogP contribution < -0.4 is 0 Å². The maximum Gasteiger partial charge on any atom is 0.0237 e. The molecule has 0 aliphatic carbocycles. The van der Waals surface area contributed by atoms with Crippen molar-refractivity contribution < 1.29 is 0 Å². The standard InChI is InChI=1S/C13H28N2/c1-8-14(7)11-9-13(5,6)15(10-11)12(2,3)4/h11H,8-10H2,1-7H3/t11-/m1/s1. The van der Waals surface area contributed by atoms with Crippen molar-refractivity contribution in [2.75, 3.05) is 20.1 Å². The van der Waals surface area contributed by atoms with E-state index in [9.17, 15) is 0 Å². The van der Waals surface area contributed by atoms with Crippen LogP contribution in [0.25, 0.3) is 0 Å². The zero-order valence-electron chi connectivity index (χ0n) is 11.6. The Morgan fingerprint density at radius 2 is 1.87 bits per heavy atom. The fourth-order valence-electron chi connectivity index (χ4n) is 2.94. The molecule has 1 rings (SSSR count). The molecule has 0 radical (unpaired) electrons. The first-order chi connectivity index (χ1) is 6.68. The van der Waals surface area contributed by atoms with E-state index in [4.69, 9.17) is 0 Å². The first-order valence-electron chi connectivity index (χ1n) is 6.16. The molecule has 2 heteroatoms. The summed E-state index contributed by atoms with van der Waals surface area (Å²) in [6, 6.07) is 0.726. The van der Waals surface area contributed by atoms with Gasteiger partial charge in [0.05, 0.1) is 0 Å². The van der Waals surface area contributed by atoms with Crippen molar-refractivity contribution in [2.45, 2.75) is 65.1 Å². The average molecular weight is 212 g/mol. The van der Waals surface area contributed by atoms with E-state index in [1.165, 1.54) is 13.0 Å². The second-order valence-corrected chi connectivity index (χ2v) is 6.53. The van der Waals surface area contributed by atoms with E-state index < -0.39 is 0 Å². The van der Waals surface area contributed by atoms with E-state index in [-0.39, 0.29) is 5.54 Å². The molecule has 0 saturated carbocycles. The Labute approximate surface area is 95.6 Å². The van der Waals surface area contributed by atoms with Crippen LogP contribution in [0.4, 0.5) is 0 Å². The largest absolute Gasteiger partial charge is 0.302 e. The van der Waals surface area contributed by atoms with Gasteiger partial charge in [0, 0.05) is 23.7 Å². The average Bonchev–Trinajstić information content (AvgIpc) is 2.39. The number of rotatable bonds is 2. The summed E-state index contributed by atoms with van der Waals surface area (Å²) in [5.74, 6) is 0. The van der Waals surface area contributed by atoms with Gasteiger partial charge in [-0.3, -0.25) is 4.90 Å². The lowest BCUT2D eigenvalue weighted by Crippen LogP contribution is -2.50. The fraction of sp³-hybridized carbons (Fsp3) is 1.00. The van der Waals surface area contributed by atoms with Crippen LogP contribution in [0.2, 0.25) is 0 Å². The van der Waals surface area contributed by atoms with Crippen molar-refractivity contribution >= 4 is 0 Å². The van der Waals surface area contributed by atoms with Gasteiger partial charge in [0.25, 0.3) is 0 Å². The molecule has 0 spiro atoms. The summed E-state index contributed by atoms with van der Waals surface area (Å²) >= 11 is 0. The van der Waals surface area contributed by atoms with Crippen LogP contribution in [-0.2, 0) is 0 Å². The van der Waals surface area contributed by atoms with Gasteiger partial charge >= 0.3 is 0 Å². The minimum absolute atomic E-state index is 0.285. The van der Waals surface area contributed by atoms with Crippen LogP contribution in [0.3, 0.4) is 0 Å². The molecule has 15 heavy (non-hydrogen) atoms. The van der Waals surface area contributed by atoms with E-state index in [2.05, 4.69) is 58.4 Å². The number of likely N-dealkylation sites (tertiary alicyclic amines) is 1. The Balaban J connectivity index is 2.77. The lowest BCUT2D eigenvalue weighted by molar-refractivity contribution is 0.0660. The molecule has 2 nitrogen and oxygen atoms in total. The van der Waals surface area contributed by atoms with E-state index in [1.807, 2.05) is 0 Å². The zero-order valence-corrected chi connectivity index (χ0v) is 11.6. The molecule has 0 N–H and O–H groups in total. The van der Waals surface area contributed by atoms with E-state index in [1.54, 1.807) is 0 Å². The van der Waals surface area contributed by atoms with Gasteiger partial charge in [0.1, 0.15) is 0 Å². The van der Waals surface area contributed by atoms with Gasteiger partial charge in [-0.15, -0.1) is 0 Å². The Bertz CT molecular complexity index is 215. The van der Waals surface area contributed by atoms with Crippen LogP contribution in [0.5, 0.6) is 0 Å². The van der Waals surface area contributed by atoms with Gasteiger partial charge in [-0.2, -0.15) is 0 Å². The Morgan fingerprint density at radius 3 is 2.20 bits per heavy atom. The molecule has 0 unspecified atom stereocenters. The van der Waals surface area contributed by atoms with Gasteiger partial charge in [-0.05, 0) is 54.6 Å². The van der Waals surface area contributed by atoms with Gasteiger partial charge in [-0.1, -0.05) is 6.92 Å². The molecule has 0 aromatic rings. The first-order valence-corrected chi connectivity index (χ1v) is 6.16. The zero-order chi connectivity index (χ0) is 11.9. The van der Waals surface area contributed by atoms with Crippen molar-refractivity contribution in [3.63, 3.8) is 0 Å². The summed E-state index contributed by atoms with van der Waals surface area (Å²) in [4.78, 5) is 5.13. The molecule has 90 valence electrons. The summed E-state index contributed by atoms with van der Waals surface area (Å²) < 4.78 is 0. The highest BCUT2D eigenvalue weighted by Gasteiger charge is 2.44. The van der Waals surface area contributed by atoms with E-state index in [0.29, 0.717) is 5.54 Å². The topological polar surface area (TPSA) is 6.48 Å². The Morgan fingerprint density at radius 1 is 1.33 bits per heavy atom. The molecule has 0 amide bonds. The highest BCUT2D eigenvalue weighted by atomic mass is 15.3. The van der Waals surface area contributed by atoms with E-state index >= 15 is 0 Å². The lowest BCUT2D eigenvalue weighted by Gasteiger charge is -2.42. The highest BCUT2D eigenvalue weighted by molar-refractivity contribution is 5.01. The number of nitrogens with zero attached hydrogens (tertiary/aromatic N) is 2. The highest BCUT2D eigenvalue weighted by Crippen LogP contribution is 2.36. The summed E-state index contributed by atoms with van der Waals surface area (Å²) in [5, 5.41) is 0. The van der Waals surface area contributed by atoms with Gasteiger partial charge in [0.2, 0.25) is 0 Å². The van der Waals surface area contributed by atoms with Crippen molar-refractivity contribution in [1.29, 1.82) is 0 Å². The van der Waals surface area contributed by atoms with Crippen LogP contribution >= 0.6 is 0 Å². The van der Waals surface area contributed by atoms with Gasteiger partial charge < -0.3 is 4.90 Å². The maximum absolute atomic E-state index is 2.65. The Kier molecular flexibility index (Phi) is 3.52. The second kappa shape index (κ2) is 4.06. The molecule has 1 heterocycles. The number of hydrogen-bond donors (Lipinski definition) is 0. The fourth-order valence-corrected chi connectivity index (χ4v) is 2.94. The molecule has 1 fully saturated rings. The van der Waals surface area contributed by atoms with Crippen LogP contribution in [0, 0.1) is 0 Å². The normalized spacial score (nSPS) is 27.6. The lowest BCUT2D eigenvalue weighted by atomic mass is 9.95. The molecule has 0 aromatic heterocycles. The van der Waals surface area contributed by atoms with E-state index in [0.717, 1.165) is 12.6 Å². The first kappa shape index (κ1) is 13.0. The smallest absolute Gasteiger partial charge is 0.0237 e. The molecular weight excluding hydrogens is 184 g/mol. The van der Waals surface area contributed by atoms with Crippen LogP contribution in [0.1, 0.15) is 48.0 Å². The predicted octanol–water partition coefficient (Wildman–Crippen LogP) is 2.59. The third kappa shape index (κ3) is 2.73. The molecule has 0 bridgehead atoms.